The molecule has 0 saturated heterocycles. The third-order valence-electron chi connectivity index (χ3n) is 4.88. The number of carbonyl (C=O) groups excluding carboxylic acids is 1. The van der Waals surface area contributed by atoms with Gasteiger partial charge in [-0.25, -0.2) is 9.97 Å². The molecule has 0 bridgehead atoms. The van der Waals surface area contributed by atoms with Gasteiger partial charge in [0.2, 0.25) is 11.8 Å². The van der Waals surface area contributed by atoms with Gasteiger partial charge in [-0.1, -0.05) is 38.4 Å². The molecule has 0 unspecified atom stereocenters. The third kappa shape index (κ3) is 7.13. The molecule has 1 amide bonds. The normalized spacial score (nSPS) is 11.0. The number of nitrogens with one attached hydrogen (secondary N) is 2. The summed E-state index contributed by atoms with van der Waals surface area (Å²) < 4.78 is 11.0. The summed E-state index contributed by atoms with van der Waals surface area (Å²) in [6, 6.07) is 10.3. The van der Waals surface area contributed by atoms with Crippen LogP contribution in [-0.4, -0.2) is 40.7 Å². The van der Waals surface area contributed by atoms with Crippen LogP contribution in [-0.2, 0) is 16.1 Å². The highest BCUT2D eigenvalue weighted by molar-refractivity contribution is 6.33. The minimum atomic E-state index is -0.317. The topological polar surface area (TPSA) is 106 Å². The van der Waals surface area contributed by atoms with Crippen molar-refractivity contribution in [3.63, 3.8) is 0 Å². The minimum absolute atomic E-state index is 0.0431. The Kier molecular flexibility index (Phi) is 9.18. The summed E-state index contributed by atoms with van der Waals surface area (Å²) in [4.78, 5) is 35.9. The Hall–Kier alpha value is -3.23. The molecule has 0 spiro atoms. The van der Waals surface area contributed by atoms with Gasteiger partial charge in [-0.05, 0) is 30.2 Å². The van der Waals surface area contributed by atoms with Gasteiger partial charge in [0, 0.05) is 48.5 Å². The van der Waals surface area contributed by atoms with Gasteiger partial charge in [-0.15, -0.1) is 0 Å². The van der Waals surface area contributed by atoms with Gasteiger partial charge in [0.05, 0.1) is 17.3 Å². The minimum Gasteiger partial charge on any atom is -0.475 e. The third-order valence-corrected chi connectivity index (χ3v) is 5.21. The number of carbonyl (C=O) groups is 1. The molecule has 0 aliphatic rings. The molecule has 0 atom stereocenters. The molecule has 9 heteroatoms. The van der Waals surface area contributed by atoms with E-state index in [1.165, 1.54) is 6.07 Å². The molecule has 3 rings (SSSR count). The number of hydrogen-bond donors (Lipinski definition) is 2. The summed E-state index contributed by atoms with van der Waals surface area (Å²) in [6.45, 7) is 7.67. The van der Waals surface area contributed by atoms with Crippen molar-refractivity contribution < 1.29 is 14.3 Å². The maximum atomic E-state index is 12.4. The molecular formula is C25H29ClN4O4. The molecule has 2 N–H and O–H groups in total. The van der Waals surface area contributed by atoms with Crippen molar-refractivity contribution in [1.82, 2.24) is 20.3 Å². The van der Waals surface area contributed by atoms with Crippen LogP contribution in [0.5, 0.6) is 5.88 Å². The monoisotopic (exact) mass is 484 g/mol. The number of halogens is 1. The maximum Gasteiger partial charge on any atom is 0.251 e. The SMILES string of the molecule is CCCOCCOc1ccc(-c2cc(=O)[nH]c(-c3cc(CNC(=O)C(C)C)ccc3Cl)n2)cn1. The molecule has 2 heterocycles. The second-order valence-corrected chi connectivity index (χ2v) is 8.42. The zero-order valence-electron chi connectivity index (χ0n) is 19.6. The summed E-state index contributed by atoms with van der Waals surface area (Å²) in [5, 5.41) is 3.31. The lowest BCUT2D eigenvalue weighted by Crippen LogP contribution is -2.27. The van der Waals surface area contributed by atoms with Crippen LogP contribution in [0.3, 0.4) is 0 Å². The van der Waals surface area contributed by atoms with E-state index in [9.17, 15) is 9.59 Å². The number of rotatable bonds is 11. The number of amides is 1. The highest BCUT2D eigenvalue weighted by Crippen LogP contribution is 2.27. The van der Waals surface area contributed by atoms with Gasteiger partial charge < -0.3 is 19.8 Å². The van der Waals surface area contributed by atoms with E-state index in [4.69, 9.17) is 21.1 Å². The van der Waals surface area contributed by atoms with Crippen LogP contribution in [0.4, 0.5) is 0 Å². The fourth-order valence-electron chi connectivity index (χ4n) is 3.06. The summed E-state index contributed by atoms with van der Waals surface area (Å²) in [5.41, 5.74) is 2.21. The number of benzene rings is 1. The van der Waals surface area contributed by atoms with E-state index in [2.05, 4.69) is 20.3 Å². The first-order valence-electron chi connectivity index (χ1n) is 11.2. The Morgan fingerprint density at radius 1 is 1.15 bits per heavy atom. The van der Waals surface area contributed by atoms with Crippen molar-refractivity contribution in [2.75, 3.05) is 19.8 Å². The average Bonchev–Trinajstić information content (AvgIpc) is 2.83. The zero-order chi connectivity index (χ0) is 24.5. The van der Waals surface area contributed by atoms with Crippen LogP contribution in [0.1, 0.15) is 32.8 Å². The number of nitrogens with zero attached hydrogens (tertiary/aromatic N) is 2. The van der Waals surface area contributed by atoms with Crippen LogP contribution in [0.15, 0.2) is 47.4 Å². The van der Waals surface area contributed by atoms with Gasteiger partial charge >= 0.3 is 0 Å². The first-order valence-corrected chi connectivity index (χ1v) is 11.6. The predicted octanol–water partition coefficient (Wildman–Crippen LogP) is 4.23. The van der Waals surface area contributed by atoms with Gasteiger partial charge in [-0.2, -0.15) is 0 Å². The van der Waals surface area contributed by atoms with Crippen molar-refractivity contribution in [3.8, 4) is 28.5 Å². The van der Waals surface area contributed by atoms with E-state index in [1.807, 2.05) is 26.8 Å². The van der Waals surface area contributed by atoms with Crippen LogP contribution >= 0.6 is 11.6 Å². The number of aromatic amines is 1. The first-order chi connectivity index (χ1) is 16.4. The number of hydrogen-bond acceptors (Lipinski definition) is 6. The Labute approximate surface area is 203 Å². The summed E-state index contributed by atoms with van der Waals surface area (Å²) in [6.07, 6.45) is 2.57. The molecule has 3 aromatic rings. The Morgan fingerprint density at radius 2 is 1.97 bits per heavy atom. The highest BCUT2D eigenvalue weighted by atomic mass is 35.5. The lowest BCUT2D eigenvalue weighted by Gasteiger charge is -2.11. The smallest absolute Gasteiger partial charge is 0.251 e. The van der Waals surface area contributed by atoms with E-state index in [-0.39, 0.29) is 17.4 Å². The molecule has 0 fully saturated rings. The molecule has 2 aromatic heterocycles. The molecular weight excluding hydrogens is 456 g/mol. The second kappa shape index (κ2) is 12.3. The fraction of sp³-hybridized carbons (Fsp3) is 0.360. The maximum absolute atomic E-state index is 12.4. The van der Waals surface area contributed by atoms with E-state index in [0.29, 0.717) is 59.9 Å². The van der Waals surface area contributed by atoms with Crippen molar-refractivity contribution in [2.24, 2.45) is 5.92 Å². The second-order valence-electron chi connectivity index (χ2n) is 8.01. The highest BCUT2D eigenvalue weighted by Gasteiger charge is 2.12. The molecule has 1 aromatic carbocycles. The predicted molar refractivity (Wildman–Crippen MR) is 132 cm³/mol. The molecule has 0 aliphatic heterocycles. The van der Waals surface area contributed by atoms with E-state index in [0.717, 1.165) is 12.0 Å². The Bertz CT molecular complexity index is 1160. The van der Waals surface area contributed by atoms with Crippen molar-refractivity contribution in [2.45, 2.75) is 33.7 Å². The van der Waals surface area contributed by atoms with E-state index in [1.54, 1.807) is 30.5 Å². The van der Waals surface area contributed by atoms with E-state index >= 15 is 0 Å². The standard InChI is InChI=1S/C25H29ClN4O4/c1-4-9-33-10-11-34-23-8-6-18(15-27-23)21-13-22(31)30-24(29-21)19-12-17(5-7-20(19)26)14-28-25(32)16(2)3/h5-8,12-13,15-16H,4,9-11,14H2,1-3H3,(H,28,32)(H,29,30,31). The Balaban J connectivity index is 1.78. The lowest BCUT2D eigenvalue weighted by molar-refractivity contribution is -0.124. The molecule has 8 nitrogen and oxygen atoms in total. The van der Waals surface area contributed by atoms with Gasteiger partial charge in [0.25, 0.3) is 5.56 Å². The first kappa shape index (κ1) is 25.4. The summed E-state index contributed by atoms with van der Waals surface area (Å²) in [5.74, 6) is 0.644. The zero-order valence-corrected chi connectivity index (χ0v) is 20.3. The molecule has 34 heavy (non-hydrogen) atoms. The van der Waals surface area contributed by atoms with Crippen LogP contribution < -0.4 is 15.6 Å². The molecule has 180 valence electrons. The van der Waals surface area contributed by atoms with Crippen LogP contribution in [0.25, 0.3) is 22.6 Å². The number of H-pyrrole nitrogens is 1. The van der Waals surface area contributed by atoms with Gasteiger partial charge in [0.15, 0.2) is 0 Å². The summed E-state index contributed by atoms with van der Waals surface area (Å²) in [7, 11) is 0. The summed E-state index contributed by atoms with van der Waals surface area (Å²) >= 11 is 6.41. The van der Waals surface area contributed by atoms with Crippen LogP contribution in [0.2, 0.25) is 5.02 Å². The lowest BCUT2D eigenvalue weighted by atomic mass is 10.1. The van der Waals surface area contributed by atoms with E-state index < -0.39 is 0 Å². The van der Waals surface area contributed by atoms with Crippen molar-refractivity contribution in [1.29, 1.82) is 0 Å². The van der Waals surface area contributed by atoms with Crippen molar-refractivity contribution in [3.05, 3.63) is 63.5 Å². The molecule has 0 aliphatic carbocycles. The quantitative estimate of drug-likeness (QED) is 0.394. The van der Waals surface area contributed by atoms with Gasteiger partial charge in [-0.3, -0.25) is 9.59 Å². The average molecular weight is 485 g/mol. The number of ether oxygens (including phenoxy) is 2. The largest absolute Gasteiger partial charge is 0.475 e. The molecule has 0 saturated carbocycles. The Morgan fingerprint density at radius 3 is 2.68 bits per heavy atom. The molecule has 0 radical (unpaired) electrons. The number of aromatic nitrogens is 3. The van der Waals surface area contributed by atoms with Crippen molar-refractivity contribution >= 4 is 17.5 Å². The fourth-order valence-corrected chi connectivity index (χ4v) is 3.27. The number of pyridine rings is 1. The van der Waals surface area contributed by atoms with Crippen LogP contribution in [0, 0.1) is 5.92 Å². The van der Waals surface area contributed by atoms with Gasteiger partial charge in [0.1, 0.15) is 12.4 Å².